The van der Waals surface area contributed by atoms with Crippen LogP contribution in [0, 0.1) is 5.92 Å². The minimum absolute atomic E-state index is 0.158. The number of hydrazine groups is 1. The zero-order chi connectivity index (χ0) is 12.5. The Morgan fingerprint density at radius 1 is 1.28 bits per heavy atom. The molecule has 18 heavy (non-hydrogen) atoms. The average Bonchev–Trinajstić information content (AvgIpc) is 2.70. The van der Waals surface area contributed by atoms with Crippen LogP contribution in [0.15, 0.2) is 29.1 Å². The van der Waals surface area contributed by atoms with E-state index in [-0.39, 0.29) is 5.56 Å². The zero-order valence-electron chi connectivity index (χ0n) is 10.2. The van der Waals surface area contributed by atoms with E-state index in [1.807, 2.05) is 33.2 Å². The molecule has 1 aromatic heterocycles. The average molecular weight is 263 g/mol. The lowest BCUT2D eigenvalue weighted by atomic mass is 9.98. The van der Waals surface area contributed by atoms with Crippen LogP contribution >= 0.6 is 11.5 Å². The first-order chi connectivity index (χ1) is 8.74. The fourth-order valence-electron chi connectivity index (χ4n) is 2.51. The van der Waals surface area contributed by atoms with Crippen molar-refractivity contribution in [2.75, 3.05) is 13.1 Å². The minimum Gasteiger partial charge on any atom is -0.269 e. The van der Waals surface area contributed by atoms with E-state index in [1.165, 1.54) is 0 Å². The summed E-state index contributed by atoms with van der Waals surface area (Å²) in [6.07, 6.45) is 2.16. The van der Waals surface area contributed by atoms with Gasteiger partial charge in [0.2, 0.25) is 0 Å². The first kappa shape index (κ1) is 11.9. The van der Waals surface area contributed by atoms with E-state index < -0.39 is 0 Å². The number of hydrogen-bond donors (Lipinski definition) is 1. The molecule has 0 atom stereocenters. The molecule has 1 fully saturated rings. The van der Waals surface area contributed by atoms with Crippen LogP contribution in [0.1, 0.15) is 12.8 Å². The molecule has 0 saturated carbocycles. The monoisotopic (exact) mass is 263 g/mol. The molecular weight excluding hydrogens is 246 g/mol. The minimum atomic E-state index is 0.158. The molecule has 2 N–H and O–H groups in total. The van der Waals surface area contributed by atoms with Gasteiger partial charge in [-0.25, -0.2) is 5.01 Å². The summed E-state index contributed by atoms with van der Waals surface area (Å²) in [7, 11) is 0. The number of nitrogens with two attached hydrogens (primary N) is 1. The number of rotatable bonds is 2. The topological polar surface area (TPSA) is 51.3 Å². The molecule has 0 radical (unpaired) electrons. The SMILES string of the molecule is NN1CCC(Cn2sc3ccccc3c2=O)CC1. The Morgan fingerprint density at radius 2 is 2.00 bits per heavy atom. The van der Waals surface area contributed by atoms with E-state index in [1.54, 1.807) is 11.5 Å². The molecule has 1 saturated heterocycles. The van der Waals surface area contributed by atoms with Gasteiger partial charge in [-0.3, -0.25) is 14.6 Å². The van der Waals surface area contributed by atoms with E-state index in [4.69, 9.17) is 5.84 Å². The molecule has 1 aliphatic rings. The Hall–Kier alpha value is -1.17. The van der Waals surface area contributed by atoms with Crippen molar-refractivity contribution in [2.45, 2.75) is 19.4 Å². The fraction of sp³-hybridized carbons (Fsp3) is 0.462. The van der Waals surface area contributed by atoms with Crippen LogP contribution in [-0.4, -0.2) is 22.1 Å². The normalized spacial score (nSPS) is 18.5. The van der Waals surface area contributed by atoms with Gasteiger partial charge in [-0.1, -0.05) is 23.7 Å². The molecule has 1 aliphatic heterocycles. The van der Waals surface area contributed by atoms with Gasteiger partial charge in [0.1, 0.15) is 0 Å². The largest absolute Gasteiger partial charge is 0.269 e. The van der Waals surface area contributed by atoms with Crippen LogP contribution < -0.4 is 11.4 Å². The summed E-state index contributed by atoms with van der Waals surface area (Å²) < 4.78 is 2.99. The van der Waals surface area contributed by atoms with Gasteiger partial charge in [0.05, 0.1) is 10.1 Å². The Kier molecular flexibility index (Phi) is 3.20. The smallest absolute Gasteiger partial charge is 0.268 e. The van der Waals surface area contributed by atoms with Crippen molar-refractivity contribution >= 4 is 21.6 Å². The molecule has 0 amide bonds. The van der Waals surface area contributed by atoms with E-state index in [0.717, 1.165) is 42.6 Å². The van der Waals surface area contributed by atoms with Gasteiger partial charge >= 0.3 is 0 Å². The van der Waals surface area contributed by atoms with Crippen LogP contribution in [0.5, 0.6) is 0 Å². The second kappa shape index (κ2) is 4.84. The second-order valence-electron chi connectivity index (χ2n) is 4.93. The van der Waals surface area contributed by atoms with Crippen molar-refractivity contribution in [1.82, 2.24) is 8.97 Å². The number of aromatic nitrogens is 1. The van der Waals surface area contributed by atoms with Gasteiger partial charge in [-0.05, 0) is 30.9 Å². The van der Waals surface area contributed by atoms with Crippen LogP contribution in [0.3, 0.4) is 0 Å². The molecule has 2 heterocycles. The molecule has 0 spiro atoms. The third kappa shape index (κ3) is 2.21. The van der Waals surface area contributed by atoms with E-state index in [2.05, 4.69) is 0 Å². The second-order valence-corrected chi connectivity index (χ2v) is 6.00. The maximum Gasteiger partial charge on any atom is 0.268 e. The first-order valence-corrected chi connectivity index (χ1v) is 7.10. The lowest BCUT2D eigenvalue weighted by molar-refractivity contribution is 0.178. The summed E-state index contributed by atoms with van der Waals surface area (Å²) in [5.41, 5.74) is 0.158. The summed E-state index contributed by atoms with van der Waals surface area (Å²) >= 11 is 1.58. The van der Waals surface area contributed by atoms with Gasteiger partial charge < -0.3 is 0 Å². The van der Waals surface area contributed by atoms with Crippen LogP contribution in [-0.2, 0) is 6.54 Å². The van der Waals surface area contributed by atoms with Crippen molar-refractivity contribution in [1.29, 1.82) is 0 Å². The van der Waals surface area contributed by atoms with Crippen molar-refractivity contribution < 1.29 is 0 Å². The number of benzene rings is 1. The quantitative estimate of drug-likeness (QED) is 0.838. The lowest BCUT2D eigenvalue weighted by Crippen LogP contribution is -2.40. The molecule has 1 aromatic carbocycles. The third-order valence-corrected chi connectivity index (χ3v) is 4.71. The Bertz CT molecular complexity index is 596. The van der Waals surface area contributed by atoms with Crippen molar-refractivity contribution in [2.24, 2.45) is 11.8 Å². The van der Waals surface area contributed by atoms with Crippen LogP contribution in [0.25, 0.3) is 10.1 Å². The molecule has 0 unspecified atom stereocenters. The van der Waals surface area contributed by atoms with Gasteiger partial charge in [-0.15, -0.1) is 0 Å². The van der Waals surface area contributed by atoms with Gasteiger partial charge in [0.25, 0.3) is 5.56 Å². The molecule has 2 aromatic rings. The summed E-state index contributed by atoms with van der Waals surface area (Å²) in [6, 6.07) is 7.83. The molecule has 0 aliphatic carbocycles. The number of hydrogen-bond acceptors (Lipinski definition) is 4. The first-order valence-electron chi connectivity index (χ1n) is 6.32. The molecule has 3 rings (SSSR count). The Balaban J connectivity index is 1.82. The van der Waals surface area contributed by atoms with Gasteiger partial charge in [0, 0.05) is 19.6 Å². The predicted octanol–water partition coefficient (Wildman–Crippen LogP) is 1.65. The summed E-state index contributed by atoms with van der Waals surface area (Å²) in [6.45, 7) is 2.71. The molecule has 96 valence electrons. The summed E-state index contributed by atoms with van der Waals surface area (Å²) in [5.74, 6) is 6.33. The highest BCUT2D eigenvalue weighted by molar-refractivity contribution is 7.13. The van der Waals surface area contributed by atoms with Gasteiger partial charge in [0.15, 0.2) is 0 Å². The maximum absolute atomic E-state index is 12.2. The van der Waals surface area contributed by atoms with Crippen molar-refractivity contribution in [3.05, 3.63) is 34.6 Å². The predicted molar refractivity (Wildman–Crippen MR) is 74.6 cm³/mol. The van der Waals surface area contributed by atoms with Crippen LogP contribution in [0.4, 0.5) is 0 Å². The highest BCUT2D eigenvalue weighted by Gasteiger charge is 2.19. The van der Waals surface area contributed by atoms with Crippen molar-refractivity contribution in [3.8, 4) is 0 Å². The fourth-order valence-corrected chi connectivity index (χ4v) is 3.60. The van der Waals surface area contributed by atoms with Crippen molar-refractivity contribution in [3.63, 3.8) is 0 Å². The molecule has 4 nitrogen and oxygen atoms in total. The highest BCUT2D eigenvalue weighted by atomic mass is 32.1. The maximum atomic E-state index is 12.2. The number of fused-ring (bicyclic) bond motifs is 1. The summed E-state index contributed by atoms with van der Waals surface area (Å²) in [5, 5.41) is 2.71. The molecule has 5 heteroatoms. The van der Waals surface area contributed by atoms with E-state index in [0.29, 0.717) is 5.92 Å². The van der Waals surface area contributed by atoms with E-state index >= 15 is 0 Å². The van der Waals surface area contributed by atoms with E-state index in [9.17, 15) is 4.79 Å². The molecule has 0 bridgehead atoms. The number of nitrogens with zero attached hydrogens (tertiary/aromatic N) is 2. The highest BCUT2D eigenvalue weighted by Crippen LogP contribution is 2.21. The lowest BCUT2D eigenvalue weighted by Gasteiger charge is -2.28. The van der Waals surface area contributed by atoms with Gasteiger partial charge in [-0.2, -0.15) is 0 Å². The third-order valence-electron chi connectivity index (χ3n) is 3.63. The standard InChI is InChI=1S/C13H17N3OS/c14-15-7-5-10(6-8-15)9-16-13(17)11-3-1-2-4-12(11)18-16/h1-4,10H,5-9,14H2. The Morgan fingerprint density at radius 3 is 2.72 bits per heavy atom. The Labute approximate surface area is 110 Å². The molecular formula is C13H17N3OS. The zero-order valence-corrected chi connectivity index (χ0v) is 11.0. The number of piperidine rings is 1. The van der Waals surface area contributed by atoms with Crippen LogP contribution in [0.2, 0.25) is 0 Å². The summed E-state index contributed by atoms with van der Waals surface area (Å²) in [4.78, 5) is 12.2.